The molecule has 0 aromatic heterocycles. The van der Waals surface area contributed by atoms with Gasteiger partial charge in [0.1, 0.15) is 6.54 Å². The van der Waals surface area contributed by atoms with E-state index in [0.717, 1.165) is 6.42 Å². The van der Waals surface area contributed by atoms with Gasteiger partial charge in [-0.25, -0.2) is 0 Å². The first-order valence-electron chi connectivity index (χ1n) is 6.24. The fourth-order valence-corrected chi connectivity index (χ4v) is 1.91. The van der Waals surface area contributed by atoms with E-state index < -0.39 is 0 Å². The Morgan fingerprint density at radius 3 is 2.37 bits per heavy atom. The molecule has 0 N–H and O–H groups in total. The smallest absolute Gasteiger partial charge is 0.255 e. The summed E-state index contributed by atoms with van der Waals surface area (Å²) in [5.41, 5.74) is 0.533. The third-order valence-corrected chi connectivity index (χ3v) is 3.13. The van der Waals surface area contributed by atoms with Crippen LogP contribution in [-0.4, -0.2) is 48.8 Å². The van der Waals surface area contributed by atoms with Crippen molar-refractivity contribution in [3.8, 4) is 0 Å². The van der Waals surface area contributed by atoms with Crippen LogP contribution in [0.2, 0.25) is 0 Å². The number of thiol groups is 1. The Morgan fingerprint density at radius 2 is 1.84 bits per heavy atom. The standard InChI is InChI=1S/C14H20N2O2S/c1-4-9-16(10-13(17)15(2)3)14(18)11-7-5-6-8-12(11)19/h5-8,19H,4,9-10H2,1-3H3. The van der Waals surface area contributed by atoms with Gasteiger partial charge in [0.25, 0.3) is 5.91 Å². The second kappa shape index (κ2) is 7.19. The highest BCUT2D eigenvalue weighted by Crippen LogP contribution is 2.15. The van der Waals surface area contributed by atoms with E-state index in [-0.39, 0.29) is 18.4 Å². The van der Waals surface area contributed by atoms with E-state index in [1.54, 1.807) is 37.2 Å². The van der Waals surface area contributed by atoms with Crippen molar-refractivity contribution >= 4 is 24.4 Å². The summed E-state index contributed by atoms with van der Waals surface area (Å²) < 4.78 is 0. The molecule has 5 heteroatoms. The van der Waals surface area contributed by atoms with Gasteiger partial charge >= 0.3 is 0 Å². The Balaban J connectivity index is 2.90. The second-order valence-electron chi connectivity index (χ2n) is 4.53. The van der Waals surface area contributed by atoms with Crippen LogP contribution in [0.4, 0.5) is 0 Å². The molecule has 19 heavy (non-hydrogen) atoms. The molecule has 2 amide bonds. The maximum atomic E-state index is 12.4. The second-order valence-corrected chi connectivity index (χ2v) is 5.01. The zero-order valence-electron chi connectivity index (χ0n) is 11.6. The van der Waals surface area contributed by atoms with Crippen molar-refractivity contribution in [3.05, 3.63) is 29.8 Å². The van der Waals surface area contributed by atoms with Gasteiger partial charge < -0.3 is 9.80 Å². The molecule has 0 saturated carbocycles. The number of amides is 2. The monoisotopic (exact) mass is 280 g/mol. The van der Waals surface area contributed by atoms with E-state index >= 15 is 0 Å². The molecular weight excluding hydrogens is 260 g/mol. The van der Waals surface area contributed by atoms with Crippen molar-refractivity contribution in [3.63, 3.8) is 0 Å². The number of likely N-dealkylation sites (N-methyl/N-ethyl adjacent to an activating group) is 1. The minimum Gasteiger partial charge on any atom is -0.347 e. The SMILES string of the molecule is CCCN(CC(=O)N(C)C)C(=O)c1ccccc1S. The van der Waals surface area contributed by atoms with Crippen molar-refractivity contribution in [1.29, 1.82) is 0 Å². The normalized spacial score (nSPS) is 10.1. The molecule has 1 aromatic carbocycles. The summed E-state index contributed by atoms with van der Waals surface area (Å²) >= 11 is 4.29. The van der Waals surface area contributed by atoms with Gasteiger partial charge in [-0.2, -0.15) is 0 Å². The average molecular weight is 280 g/mol. The Bertz CT molecular complexity index is 461. The molecule has 1 rings (SSSR count). The zero-order valence-corrected chi connectivity index (χ0v) is 12.5. The molecule has 0 aliphatic rings. The van der Waals surface area contributed by atoms with Crippen LogP contribution < -0.4 is 0 Å². The number of rotatable bonds is 5. The lowest BCUT2D eigenvalue weighted by Gasteiger charge is -2.23. The van der Waals surface area contributed by atoms with Gasteiger partial charge in [0, 0.05) is 25.5 Å². The van der Waals surface area contributed by atoms with Crippen LogP contribution in [0.1, 0.15) is 23.7 Å². The first-order chi connectivity index (χ1) is 8.97. The first-order valence-corrected chi connectivity index (χ1v) is 6.69. The number of hydrogen-bond acceptors (Lipinski definition) is 3. The van der Waals surface area contributed by atoms with E-state index in [4.69, 9.17) is 0 Å². The minimum atomic E-state index is -0.150. The Labute approximate surface area is 119 Å². The summed E-state index contributed by atoms with van der Waals surface area (Å²) in [5, 5.41) is 0. The summed E-state index contributed by atoms with van der Waals surface area (Å²) in [7, 11) is 3.37. The number of nitrogens with zero attached hydrogens (tertiary/aromatic N) is 2. The van der Waals surface area contributed by atoms with E-state index in [2.05, 4.69) is 12.6 Å². The van der Waals surface area contributed by atoms with Crippen LogP contribution >= 0.6 is 12.6 Å². The Hall–Kier alpha value is -1.49. The van der Waals surface area contributed by atoms with Crippen LogP contribution in [0.3, 0.4) is 0 Å². The van der Waals surface area contributed by atoms with E-state index in [1.165, 1.54) is 4.90 Å². The number of carbonyl (C=O) groups is 2. The van der Waals surface area contributed by atoms with Gasteiger partial charge in [-0.05, 0) is 18.6 Å². The summed E-state index contributed by atoms with van der Waals surface area (Å²) in [4.78, 5) is 27.9. The third kappa shape index (κ3) is 4.28. The van der Waals surface area contributed by atoms with Gasteiger partial charge in [0.05, 0.1) is 5.56 Å². The van der Waals surface area contributed by atoms with Gasteiger partial charge in [-0.1, -0.05) is 19.1 Å². The van der Waals surface area contributed by atoms with Crippen molar-refractivity contribution in [2.45, 2.75) is 18.2 Å². The fourth-order valence-electron chi connectivity index (χ4n) is 1.65. The summed E-state index contributed by atoms with van der Waals surface area (Å²) in [6, 6.07) is 7.13. The van der Waals surface area contributed by atoms with E-state index in [1.807, 2.05) is 13.0 Å². The molecule has 0 heterocycles. The highest BCUT2D eigenvalue weighted by molar-refractivity contribution is 7.80. The summed E-state index contributed by atoms with van der Waals surface area (Å²) in [6.45, 7) is 2.63. The lowest BCUT2D eigenvalue weighted by Crippen LogP contribution is -2.40. The minimum absolute atomic E-state index is 0.0848. The number of carbonyl (C=O) groups excluding carboxylic acids is 2. The molecule has 0 aliphatic carbocycles. The predicted octanol–water partition coefficient (Wildman–Crippen LogP) is 1.92. The topological polar surface area (TPSA) is 40.6 Å². The maximum Gasteiger partial charge on any atom is 0.255 e. The van der Waals surface area contributed by atoms with Crippen molar-refractivity contribution < 1.29 is 9.59 Å². The molecule has 0 saturated heterocycles. The van der Waals surface area contributed by atoms with Crippen LogP contribution in [0.25, 0.3) is 0 Å². The lowest BCUT2D eigenvalue weighted by molar-refractivity contribution is -0.129. The van der Waals surface area contributed by atoms with Gasteiger partial charge in [-0.15, -0.1) is 12.6 Å². The molecule has 0 unspecified atom stereocenters. The molecule has 0 aliphatic heterocycles. The van der Waals surface area contributed by atoms with Gasteiger partial charge in [0.2, 0.25) is 5.91 Å². The molecule has 0 radical (unpaired) electrons. The highest BCUT2D eigenvalue weighted by Gasteiger charge is 2.20. The Morgan fingerprint density at radius 1 is 1.21 bits per heavy atom. The van der Waals surface area contributed by atoms with Crippen LogP contribution in [-0.2, 0) is 4.79 Å². The lowest BCUT2D eigenvalue weighted by atomic mass is 10.2. The molecule has 0 atom stereocenters. The maximum absolute atomic E-state index is 12.4. The number of hydrogen-bond donors (Lipinski definition) is 1. The average Bonchev–Trinajstić information content (AvgIpc) is 2.37. The molecule has 0 bridgehead atoms. The van der Waals surface area contributed by atoms with Crippen molar-refractivity contribution in [1.82, 2.24) is 9.80 Å². The fraction of sp³-hybridized carbons (Fsp3) is 0.429. The molecule has 1 aromatic rings. The highest BCUT2D eigenvalue weighted by atomic mass is 32.1. The molecular formula is C14H20N2O2S. The summed E-state index contributed by atoms with van der Waals surface area (Å²) in [5.74, 6) is -0.235. The molecule has 104 valence electrons. The quantitative estimate of drug-likeness (QED) is 0.837. The van der Waals surface area contributed by atoms with Crippen LogP contribution in [0.5, 0.6) is 0 Å². The molecule has 4 nitrogen and oxygen atoms in total. The Kier molecular flexibility index (Phi) is 5.89. The first kappa shape index (κ1) is 15.6. The predicted molar refractivity (Wildman–Crippen MR) is 78.6 cm³/mol. The number of benzene rings is 1. The van der Waals surface area contributed by atoms with Gasteiger partial charge in [0.15, 0.2) is 0 Å². The molecule has 0 spiro atoms. The third-order valence-electron chi connectivity index (χ3n) is 2.74. The van der Waals surface area contributed by atoms with Crippen LogP contribution in [0.15, 0.2) is 29.2 Å². The van der Waals surface area contributed by atoms with E-state index in [9.17, 15) is 9.59 Å². The van der Waals surface area contributed by atoms with Crippen molar-refractivity contribution in [2.24, 2.45) is 0 Å². The van der Waals surface area contributed by atoms with E-state index in [0.29, 0.717) is 17.0 Å². The van der Waals surface area contributed by atoms with Gasteiger partial charge in [-0.3, -0.25) is 9.59 Å². The van der Waals surface area contributed by atoms with Crippen molar-refractivity contribution in [2.75, 3.05) is 27.2 Å². The zero-order chi connectivity index (χ0) is 14.4. The largest absolute Gasteiger partial charge is 0.347 e. The molecule has 0 fully saturated rings. The van der Waals surface area contributed by atoms with Crippen LogP contribution in [0, 0.1) is 0 Å². The summed E-state index contributed by atoms with van der Waals surface area (Å²) in [6.07, 6.45) is 0.807.